The number of benzene rings is 1. The number of rotatable bonds is 1. The van der Waals surface area contributed by atoms with Gasteiger partial charge in [-0.1, -0.05) is 0 Å². The largest absolute Gasteiger partial charge is 0.506 e. The van der Waals surface area contributed by atoms with Crippen LogP contribution in [0.1, 0.15) is 0 Å². The van der Waals surface area contributed by atoms with Crippen LogP contribution in [0.15, 0.2) is 18.2 Å². The Morgan fingerprint density at radius 1 is 1.54 bits per heavy atom. The number of carbonyl (C=O) groups excluding carboxylic acids is 1. The number of aromatic hydroxyl groups is 1. The summed E-state index contributed by atoms with van der Waals surface area (Å²) in [6.45, 7) is 0. The summed E-state index contributed by atoms with van der Waals surface area (Å²) >= 11 is 0. The van der Waals surface area contributed by atoms with E-state index in [1.807, 2.05) is 0 Å². The Morgan fingerprint density at radius 3 is 2.77 bits per heavy atom. The molecule has 0 aliphatic rings. The summed E-state index contributed by atoms with van der Waals surface area (Å²) in [5.74, 6) is -0.0522. The van der Waals surface area contributed by atoms with Crippen molar-refractivity contribution in [2.45, 2.75) is 0 Å². The number of amides is 2. The fourth-order valence-electron chi connectivity index (χ4n) is 0.839. The Hall–Kier alpha value is -1.91. The number of anilines is 2. The van der Waals surface area contributed by atoms with Gasteiger partial charge in [-0.15, -0.1) is 0 Å². The molecule has 70 valence electrons. The van der Waals surface area contributed by atoms with Gasteiger partial charge in [0.25, 0.3) is 0 Å². The summed E-state index contributed by atoms with van der Waals surface area (Å²) in [6, 6.07) is 4.09. The number of urea groups is 1. The number of phenolic OH excluding ortho intramolecular Hbond substituents is 1. The molecule has 0 aromatic heterocycles. The molecule has 13 heavy (non-hydrogen) atoms. The van der Waals surface area contributed by atoms with Crippen molar-refractivity contribution in [3.05, 3.63) is 18.2 Å². The van der Waals surface area contributed by atoms with Crippen LogP contribution in [0.4, 0.5) is 16.2 Å². The van der Waals surface area contributed by atoms with E-state index < -0.39 is 0 Å². The van der Waals surface area contributed by atoms with Crippen molar-refractivity contribution in [1.82, 2.24) is 5.32 Å². The highest BCUT2D eigenvalue weighted by atomic mass is 16.3. The predicted octanol–water partition coefficient (Wildman–Crippen LogP) is 0.726. The fraction of sp³-hybridized carbons (Fsp3) is 0.125. The summed E-state index contributed by atoms with van der Waals surface area (Å²) in [5.41, 5.74) is 6.17. The standard InChI is InChI=1S/C8H11N3O2/c1-10-8(13)11-6-3-2-5(9)4-7(6)12/h2-4,12H,9H2,1H3,(H2,10,11,13). The van der Waals surface area contributed by atoms with Gasteiger partial charge in [-0.3, -0.25) is 0 Å². The molecule has 0 bridgehead atoms. The van der Waals surface area contributed by atoms with Crippen molar-refractivity contribution in [3.8, 4) is 5.75 Å². The second kappa shape index (κ2) is 3.66. The van der Waals surface area contributed by atoms with Gasteiger partial charge >= 0.3 is 6.03 Å². The molecule has 5 nitrogen and oxygen atoms in total. The predicted molar refractivity (Wildman–Crippen MR) is 50.6 cm³/mol. The molecular weight excluding hydrogens is 170 g/mol. The molecule has 0 heterocycles. The maximum atomic E-state index is 10.9. The molecule has 1 aromatic carbocycles. The highest BCUT2D eigenvalue weighted by Gasteiger charge is 2.03. The first-order valence-corrected chi connectivity index (χ1v) is 3.70. The Labute approximate surface area is 75.6 Å². The third-order valence-electron chi connectivity index (χ3n) is 1.50. The van der Waals surface area contributed by atoms with E-state index in [9.17, 15) is 9.90 Å². The van der Waals surface area contributed by atoms with Crippen LogP contribution < -0.4 is 16.4 Å². The Kier molecular flexibility index (Phi) is 2.59. The van der Waals surface area contributed by atoms with E-state index in [0.717, 1.165) is 0 Å². The van der Waals surface area contributed by atoms with Gasteiger partial charge in [-0.2, -0.15) is 0 Å². The number of hydrogen-bond donors (Lipinski definition) is 4. The summed E-state index contributed by atoms with van der Waals surface area (Å²) in [5, 5.41) is 14.1. The van der Waals surface area contributed by atoms with Crippen LogP contribution in [0.2, 0.25) is 0 Å². The van der Waals surface area contributed by atoms with Gasteiger partial charge in [-0.05, 0) is 12.1 Å². The molecule has 0 fully saturated rings. The summed E-state index contributed by atoms with van der Waals surface area (Å²) in [7, 11) is 1.49. The normalized spacial score (nSPS) is 9.31. The Bertz CT molecular complexity index is 325. The topological polar surface area (TPSA) is 87.4 Å². The lowest BCUT2D eigenvalue weighted by Gasteiger charge is -2.06. The van der Waals surface area contributed by atoms with E-state index in [4.69, 9.17) is 5.73 Å². The van der Waals surface area contributed by atoms with E-state index >= 15 is 0 Å². The molecule has 0 unspecified atom stereocenters. The number of nitrogens with one attached hydrogen (secondary N) is 2. The lowest BCUT2D eigenvalue weighted by molar-refractivity contribution is 0.254. The molecule has 0 radical (unpaired) electrons. The molecule has 2 amide bonds. The molecule has 5 N–H and O–H groups in total. The smallest absolute Gasteiger partial charge is 0.319 e. The molecule has 0 aliphatic heterocycles. The molecule has 5 heteroatoms. The minimum atomic E-state index is -0.389. The maximum absolute atomic E-state index is 10.9. The van der Waals surface area contributed by atoms with Gasteiger partial charge in [0.1, 0.15) is 5.75 Å². The Morgan fingerprint density at radius 2 is 2.23 bits per heavy atom. The Balaban J connectivity index is 2.83. The van der Waals surface area contributed by atoms with Gasteiger partial charge in [0.15, 0.2) is 0 Å². The first-order chi connectivity index (χ1) is 6.13. The van der Waals surface area contributed by atoms with Crippen molar-refractivity contribution >= 4 is 17.4 Å². The average molecular weight is 181 g/mol. The van der Waals surface area contributed by atoms with E-state index in [-0.39, 0.29) is 11.8 Å². The van der Waals surface area contributed by atoms with Crippen LogP contribution in [0.5, 0.6) is 5.75 Å². The molecule has 1 rings (SSSR count). The van der Waals surface area contributed by atoms with Crippen LogP contribution >= 0.6 is 0 Å². The summed E-state index contributed by atoms with van der Waals surface area (Å²) < 4.78 is 0. The second-order valence-electron chi connectivity index (χ2n) is 2.48. The van der Waals surface area contributed by atoms with Gasteiger partial charge in [0, 0.05) is 18.8 Å². The van der Waals surface area contributed by atoms with Gasteiger partial charge < -0.3 is 21.5 Å². The van der Waals surface area contributed by atoms with Gasteiger partial charge in [0.05, 0.1) is 5.69 Å². The molecule has 0 atom stereocenters. The zero-order chi connectivity index (χ0) is 9.84. The van der Waals surface area contributed by atoms with Crippen molar-refractivity contribution < 1.29 is 9.90 Å². The molecule has 0 saturated heterocycles. The average Bonchev–Trinajstić information content (AvgIpc) is 2.09. The fourth-order valence-corrected chi connectivity index (χ4v) is 0.839. The first-order valence-electron chi connectivity index (χ1n) is 3.70. The molecular formula is C8H11N3O2. The van der Waals surface area contributed by atoms with Crippen molar-refractivity contribution in [2.24, 2.45) is 0 Å². The summed E-state index contributed by atoms with van der Waals surface area (Å²) in [4.78, 5) is 10.9. The monoisotopic (exact) mass is 181 g/mol. The van der Waals surface area contributed by atoms with E-state index in [1.54, 1.807) is 6.07 Å². The molecule has 0 spiro atoms. The summed E-state index contributed by atoms with van der Waals surface area (Å²) in [6.07, 6.45) is 0. The van der Waals surface area contributed by atoms with Crippen LogP contribution in [0, 0.1) is 0 Å². The zero-order valence-corrected chi connectivity index (χ0v) is 7.16. The second-order valence-corrected chi connectivity index (χ2v) is 2.48. The third-order valence-corrected chi connectivity index (χ3v) is 1.50. The highest BCUT2D eigenvalue weighted by molar-refractivity contribution is 5.90. The quantitative estimate of drug-likeness (QED) is 0.380. The molecule has 1 aromatic rings. The number of nitrogens with two attached hydrogens (primary N) is 1. The zero-order valence-electron chi connectivity index (χ0n) is 7.16. The highest BCUT2D eigenvalue weighted by Crippen LogP contribution is 2.24. The van der Waals surface area contributed by atoms with E-state index in [0.29, 0.717) is 11.4 Å². The van der Waals surface area contributed by atoms with E-state index in [2.05, 4.69) is 10.6 Å². The van der Waals surface area contributed by atoms with Crippen LogP contribution in [0.25, 0.3) is 0 Å². The van der Waals surface area contributed by atoms with E-state index in [1.165, 1.54) is 19.2 Å². The van der Waals surface area contributed by atoms with Crippen molar-refractivity contribution in [2.75, 3.05) is 18.1 Å². The molecule has 0 saturated carbocycles. The maximum Gasteiger partial charge on any atom is 0.319 e. The van der Waals surface area contributed by atoms with Crippen LogP contribution in [-0.4, -0.2) is 18.2 Å². The minimum absolute atomic E-state index is 0.0522. The van der Waals surface area contributed by atoms with Crippen molar-refractivity contribution in [3.63, 3.8) is 0 Å². The minimum Gasteiger partial charge on any atom is -0.506 e. The van der Waals surface area contributed by atoms with Gasteiger partial charge in [0.2, 0.25) is 0 Å². The first kappa shape index (κ1) is 9.18. The number of nitrogen functional groups attached to an aromatic ring is 1. The number of hydrogen-bond acceptors (Lipinski definition) is 3. The van der Waals surface area contributed by atoms with Crippen LogP contribution in [-0.2, 0) is 0 Å². The third kappa shape index (κ3) is 2.26. The lowest BCUT2D eigenvalue weighted by atomic mass is 10.2. The van der Waals surface area contributed by atoms with Gasteiger partial charge in [-0.25, -0.2) is 4.79 Å². The number of phenols is 1. The van der Waals surface area contributed by atoms with Crippen LogP contribution in [0.3, 0.4) is 0 Å². The lowest BCUT2D eigenvalue weighted by Crippen LogP contribution is -2.24. The molecule has 0 aliphatic carbocycles. The SMILES string of the molecule is CNC(=O)Nc1ccc(N)cc1O. The van der Waals surface area contributed by atoms with Crippen molar-refractivity contribution in [1.29, 1.82) is 0 Å². The number of carbonyl (C=O) groups is 1.